The Kier molecular flexibility index (Phi) is 7.15. The van der Waals surface area contributed by atoms with Crippen molar-refractivity contribution >= 4 is 23.4 Å². The fourth-order valence-electron chi connectivity index (χ4n) is 5.62. The normalized spacial score (nSPS) is 19.2. The highest BCUT2D eigenvalue weighted by Gasteiger charge is 2.30. The Morgan fingerprint density at radius 3 is 2.18 bits per heavy atom. The number of hydrogen-bond acceptors (Lipinski definition) is 2. The molecule has 2 aliphatic rings. The molecular weight excluding hydrogens is 493 g/mol. The lowest BCUT2D eigenvalue weighted by Gasteiger charge is -2.28. The number of halogens is 3. The number of aliphatic carboxylic acids is 1. The van der Waals surface area contributed by atoms with Gasteiger partial charge in [-0.05, 0) is 103 Å². The molecule has 1 aliphatic carbocycles. The largest absolute Gasteiger partial charge is 0.481 e. The maximum Gasteiger partial charge on any atom is 0.416 e. The Balaban J connectivity index is 1.22. The summed E-state index contributed by atoms with van der Waals surface area (Å²) in [5, 5.41) is 11.7. The third-order valence-electron chi connectivity index (χ3n) is 7.71. The van der Waals surface area contributed by atoms with E-state index in [4.69, 9.17) is 5.11 Å². The van der Waals surface area contributed by atoms with E-state index in [0.717, 1.165) is 60.2 Å². The van der Waals surface area contributed by atoms with Crippen LogP contribution in [0.5, 0.6) is 0 Å². The first kappa shape index (κ1) is 25.8. The molecule has 0 spiro atoms. The number of alkyl halides is 3. The zero-order valence-electron chi connectivity index (χ0n) is 20.8. The number of hydrogen-bond donors (Lipinski definition) is 2. The molecule has 38 heavy (non-hydrogen) atoms. The molecule has 0 atom stereocenters. The van der Waals surface area contributed by atoms with E-state index in [2.05, 4.69) is 35.6 Å². The summed E-state index contributed by atoms with van der Waals surface area (Å²) in [5.41, 5.74) is 4.83. The first-order valence-electron chi connectivity index (χ1n) is 12.9. The van der Waals surface area contributed by atoms with Crippen LogP contribution in [-0.2, 0) is 17.4 Å². The highest BCUT2D eigenvalue weighted by Crippen LogP contribution is 2.38. The zero-order chi connectivity index (χ0) is 26.9. The second kappa shape index (κ2) is 10.5. The first-order chi connectivity index (χ1) is 18.2. The molecule has 8 heteroatoms. The number of nitrogens with zero attached hydrogens (tertiary/aromatic N) is 1. The van der Waals surface area contributed by atoms with Gasteiger partial charge >= 0.3 is 18.2 Å². The van der Waals surface area contributed by atoms with Crippen molar-refractivity contribution in [3.8, 4) is 11.1 Å². The Bertz CT molecular complexity index is 1310. The Morgan fingerprint density at radius 1 is 0.895 bits per heavy atom. The minimum atomic E-state index is -4.42. The summed E-state index contributed by atoms with van der Waals surface area (Å²) in [7, 11) is 0. The zero-order valence-corrected chi connectivity index (χ0v) is 20.8. The summed E-state index contributed by atoms with van der Waals surface area (Å²) < 4.78 is 38.4. The summed E-state index contributed by atoms with van der Waals surface area (Å²) in [6, 6.07) is 18.6. The second-order valence-electron chi connectivity index (χ2n) is 10.2. The number of nitrogens with one attached hydrogen (secondary N) is 1. The number of amides is 2. The van der Waals surface area contributed by atoms with Crippen molar-refractivity contribution < 1.29 is 27.9 Å². The molecule has 0 aromatic heterocycles. The average Bonchev–Trinajstić information content (AvgIpc) is 3.32. The van der Waals surface area contributed by atoms with Crippen molar-refractivity contribution in [2.45, 2.75) is 50.6 Å². The molecule has 0 unspecified atom stereocenters. The van der Waals surface area contributed by atoms with Gasteiger partial charge in [0, 0.05) is 24.3 Å². The number of carbonyl (C=O) groups excluding carboxylic acids is 1. The summed E-state index contributed by atoms with van der Waals surface area (Å²) in [4.78, 5) is 25.4. The number of anilines is 2. The minimum absolute atomic E-state index is 0.262. The van der Waals surface area contributed by atoms with Crippen LogP contribution in [-0.4, -0.2) is 23.7 Å². The molecule has 2 N–H and O–H groups in total. The van der Waals surface area contributed by atoms with Crippen LogP contribution in [0, 0.1) is 5.92 Å². The molecule has 3 aromatic rings. The van der Waals surface area contributed by atoms with Gasteiger partial charge in [0.1, 0.15) is 0 Å². The predicted octanol–water partition coefficient (Wildman–Crippen LogP) is 7.72. The van der Waals surface area contributed by atoms with E-state index in [0.29, 0.717) is 24.6 Å². The van der Waals surface area contributed by atoms with Crippen molar-refractivity contribution in [3.63, 3.8) is 0 Å². The van der Waals surface area contributed by atoms with Gasteiger partial charge in [-0.15, -0.1) is 0 Å². The summed E-state index contributed by atoms with van der Waals surface area (Å²) >= 11 is 0. The van der Waals surface area contributed by atoms with Crippen molar-refractivity contribution in [2.24, 2.45) is 5.92 Å². The second-order valence-corrected chi connectivity index (χ2v) is 10.2. The lowest BCUT2D eigenvalue weighted by molar-refractivity contribution is -0.139. The van der Waals surface area contributed by atoms with Gasteiger partial charge in [0.05, 0.1) is 5.56 Å². The molecule has 1 aliphatic heterocycles. The third-order valence-corrected chi connectivity index (χ3v) is 7.71. The highest BCUT2D eigenvalue weighted by molar-refractivity contribution is 6.03. The monoisotopic (exact) mass is 522 g/mol. The summed E-state index contributed by atoms with van der Waals surface area (Å²) in [6.07, 6.45) is 0.469. The Labute approximate surface area is 219 Å². The topological polar surface area (TPSA) is 69.6 Å². The van der Waals surface area contributed by atoms with Gasteiger partial charge in [0.15, 0.2) is 0 Å². The van der Waals surface area contributed by atoms with Crippen molar-refractivity contribution in [3.05, 3.63) is 83.4 Å². The lowest BCUT2D eigenvalue weighted by Crippen LogP contribution is -2.33. The fraction of sp³-hybridized carbons (Fsp3) is 0.333. The van der Waals surface area contributed by atoms with Crippen LogP contribution in [0.3, 0.4) is 0 Å². The molecule has 0 bridgehead atoms. The summed E-state index contributed by atoms with van der Waals surface area (Å²) in [6.45, 7) is 0.495. The van der Waals surface area contributed by atoms with Gasteiger partial charge in [0.2, 0.25) is 0 Å². The van der Waals surface area contributed by atoms with Crippen LogP contribution in [0.4, 0.5) is 29.3 Å². The number of rotatable bonds is 5. The SMILES string of the molecule is O=C(O)CC1CCC(c2ccc(-c3ccc4c(c3)CCN4C(=O)Nc3ccc(C(F)(F)F)cc3)cc2)CC1. The molecule has 0 radical (unpaired) electrons. The number of carboxylic acid groups (broad SMARTS) is 1. The molecule has 5 rings (SSSR count). The number of carboxylic acids is 1. The molecule has 0 saturated heterocycles. The molecule has 3 aromatic carbocycles. The van der Waals surface area contributed by atoms with Gasteiger partial charge in [-0.25, -0.2) is 4.79 Å². The molecular formula is C30H29F3N2O3. The Hall–Kier alpha value is -3.81. The van der Waals surface area contributed by atoms with Crippen LogP contribution in [0.1, 0.15) is 54.7 Å². The average molecular weight is 523 g/mol. The van der Waals surface area contributed by atoms with Gasteiger partial charge in [-0.2, -0.15) is 13.2 Å². The van der Waals surface area contributed by atoms with Gasteiger partial charge < -0.3 is 10.4 Å². The van der Waals surface area contributed by atoms with Crippen LogP contribution < -0.4 is 10.2 Å². The highest BCUT2D eigenvalue weighted by atomic mass is 19.4. The van der Waals surface area contributed by atoms with Gasteiger partial charge in [-0.1, -0.05) is 30.3 Å². The summed E-state index contributed by atoms with van der Waals surface area (Å²) in [5.74, 6) is 0.0342. The van der Waals surface area contributed by atoms with Crippen LogP contribution in [0.2, 0.25) is 0 Å². The van der Waals surface area contributed by atoms with E-state index in [1.54, 1.807) is 4.90 Å². The molecule has 1 saturated carbocycles. The number of fused-ring (bicyclic) bond motifs is 1. The molecule has 198 valence electrons. The van der Waals surface area contributed by atoms with E-state index in [1.807, 2.05) is 12.1 Å². The number of urea groups is 1. The molecule has 5 nitrogen and oxygen atoms in total. The van der Waals surface area contributed by atoms with E-state index in [9.17, 15) is 22.8 Å². The van der Waals surface area contributed by atoms with Crippen molar-refractivity contribution in [2.75, 3.05) is 16.8 Å². The van der Waals surface area contributed by atoms with E-state index < -0.39 is 17.7 Å². The first-order valence-corrected chi connectivity index (χ1v) is 12.9. The fourth-order valence-corrected chi connectivity index (χ4v) is 5.62. The molecule has 2 amide bonds. The standard InChI is InChI=1S/C30H29F3N2O3/c31-30(32,33)25-10-12-26(13-11-25)34-29(38)35-16-15-24-18-23(9-14-27(24)35)22-7-5-21(6-8-22)20-3-1-19(2-4-20)17-28(36)37/h5-14,18-20H,1-4,15-17H2,(H,34,38)(H,36,37). The maximum atomic E-state index is 12.8. The van der Waals surface area contributed by atoms with Crippen molar-refractivity contribution in [1.29, 1.82) is 0 Å². The molecule has 1 heterocycles. The van der Waals surface area contributed by atoms with Gasteiger partial charge in [-0.3, -0.25) is 9.69 Å². The smallest absolute Gasteiger partial charge is 0.416 e. The number of benzene rings is 3. The molecule has 1 fully saturated rings. The maximum absolute atomic E-state index is 12.8. The predicted molar refractivity (Wildman–Crippen MR) is 140 cm³/mol. The van der Waals surface area contributed by atoms with Crippen LogP contribution in [0.15, 0.2) is 66.7 Å². The van der Waals surface area contributed by atoms with E-state index >= 15 is 0 Å². The lowest BCUT2D eigenvalue weighted by atomic mass is 9.77. The van der Waals surface area contributed by atoms with Crippen molar-refractivity contribution in [1.82, 2.24) is 0 Å². The Morgan fingerprint density at radius 2 is 1.55 bits per heavy atom. The number of carbonyl (C=O) groups is 2. The van der Waals surface area contributed by atoms with E-state index in [1.165, 1.54) is 17.7 Å². The minimum Gasteiger partial charge on any atom is -0.481 e. The van der Waals surface area contributed by atoms with E-state index in [-0.39, 0.29) is 18.4 Å². The van der Waals surface area contributed by atoms with Gasteiger partial charge in [0.25, 0.3) is 0 Å². The third kappa shape index (κ3) is 5.69. The van der Waals surface area contributed by atoms with Crippen LogP contribution in [0.25, 0.3) is 11.1 Å². The quantitative estimate of drug-likeness (QED) is 0.361. The van der Waals surface area contributed by atoms with Crippen LogP contribution >= 0.6 is 0 Å².